The second kappa shape index (κ2) is 9.21. The minimum atomic E-state index is -0.370. The lowest BCUT2D eigenvalue weighted by Gasteiger charge is -2.33. The predicted octanol–water partition coefficient (Wildman–Crippen LogP) is 4.08. The number of carbonyl (C=O) groups excluding carboxylic acids is 1. The zero-order valence-corrected chi connectivity index (χ0v) is 16.5. The van der Waals surface area contributed by atoms with Crippen molar-refractivity contribution in [1.29, 1.82) is 0 Å². The molecule has 1 heterocycles. The molecule has 0 spiro atoms. The van der Waals surface area contributed by atoms with E-state index in [1.807, 2.05) is 42.6 Å². The summed E-state index contributed by atoms with van der Waals surface area (Å²) in [5.41, 5.74) is 7.47. The molecule has 0 bridgehead atoms. The maximum absolute atomic E-state index is 12.4. The summed E-state index contributed by atoms with van der Waals surface area (Å²) in [4.78, 5) is 12.4. The minimum absolute atomic E-state index is 0. The van der Waals surface area contributed by atoms with Crippen LogP contribution in [-0.2, 0) is 0 Å². The van der Waals surface area contributed by atoms with E-state index in [2.05, 4.69) is 31.3 Å². The standard InChI is InChI=1S/C17H26N2OS2.ClH/c1-12(2)17(3,11-18)19-15(20)13-5-7-14(8-6-13)16-21-9-4-10-22-16;/h5-8,12,16H,4,9-11,18H2,1-3H3,(H,19,20);1H. The van der Waals surface area contributed by atoms with Crippen molar-refractivity contribution in [3.8, 4) is 0 Å². The monoisotopic (exact) mass is 374 g/mol. The van der Waals surface area contributed by atoms with E-state index in [-0.39, 0.29) is 29.8 Å². The largest absolute Gasteiger partial charge is 0.345 e. The fourth-order valence-corrected chi connectivity index (χ4v) is 5.13. The summed E-state index contributed by atoms with van der Waals surface area (Å²) < 4.78 is 0.510. The number of halogens is 1. The first-order valence-electron chi connectivity index (χ1n) is 7.82. The van der Waals surface area contributed by atoms with Gasteiger partial charge in [-0.25, -0.2) is 0 Å². The van der Waals surface area contributed by atoms with Crippen molar-refractivity contribution in [2.24, 2.45) is 11.7 Å². The molecule has 23 heavy (non-hydrogen) atoms. The molecule has 1 fully saturated rings. The molecule has 1 aliphatic rings. The Hall–Kier alpha value is -0.360. The summed E-state index contributed by atoms with van der Waals surface area (Å²) >= 11 is 3.99. The second-order valence-electron chi connectivity index (χ2n) is 6.28. The summed E-state index contributed by atoms with van der Waals surface area (Å²) in [7, 11) is 0. The molecule has 0 aromatic heterocycles. The van der Waals surface area contributed by atoms with Crippen molar-refractivity contribution in [2.75, 3.05) is 18.1 Å². The van der Waals surface area contributed by atoms with Crippen LogP contribution >= 0.6 is 35.9 Å². The van der Waals surface area contributed by atoms with Gasteiger partial charge in [0.25, 0.3) is 5.91 Å². The molecule has 0 radical (unpaired) electrons. The van der Waals surface area contributed by atoms with E-state index in [1.165, 1.54) is 23.5 Å². The number of carbonyl (C=O) groups is 1. The average Bonchev–Trinajstić information content (AvgIpc) is 2.55. The minimum Gasteiger partial charge on any atom is -0.345 e. The molecule has 1 aliphatic heterocycles. The van der Waals surface area contributed by atoms with E-state index in [1.54, 1.807) is 0 Å². The van der Waals surface area contributed by atoms with Crippen LogP contribution in [0.15, 0.2) is 24.3 Å². The lowest BCUT2D eigenvalue weighted by atomic mass is 9.88. The molecule has 130 valence electrons. The van der Waals surface area contributed by atoms with E-state index in [0.29, 0.717) is 16.7 Å². The number of rotatable bonds is 5. The van der Waals surface area contributed by atoms with Crippen LogP contribution in [-0.4, -0.2) is 29.5 Å². The van der Waals surface area contributed by atoms with Crippen molar-refractivity contribution in [3.05, 3.63) is 35.4 Å². The number of benzene rings is 1. The summed E-state index contributed by atoms with van der Waals surface area (Å²) in [6.07, 6.45) is 1.29. The van der Waals surface area contributed by atoms with Crippen molar-refractivity contribution < 1.29 is 4.79 Å². The first-order valence-corrected chi connectivity index (χ1v) is 9.92. The molecular formula is C17H27ClN2OS2. The van der Waals surface area contributed by atoms with Gasteiger partial charge in [0.1, 0.15) is 0 Å². The van der Waals surface area contributed by atoms with Crippen molar-refractivity contribution >= 4 is 41.8 Å². The van der Waals surface area contributed by atoms with Gasteiger partial charge in [-0.05, 0) is 48.5 Å². The average molecular weight is 375 g/mol. The number of hydrogen-bond donors (Lipinski definition) is 2. The smallest absolute Gasteiger partial charge is 0.251 e. The lowest BCUT2D eigenvalue weighted by Crippen LogP contribution is -2.55. The first-order chi connectivity index (χ1) is 10.5. The Bertz CT molecular complexity index is 504. The maximum Gasteiger partial charge on any atom is 0.251 e. The number of amides is 1. The number of thioether (sulfide) groups is 2. The van der Waals surface area contributed by atoms with Gasteiger partial charge in [-0.1, -0.05) is 26.0 Å². The van der Waals surface area contributed by atoms with E-state index in [0.717, 1.165) is 0 Å². The van der Waals surface area contributed by atoms with E-state index in [4.69, 9.17) is 5.73 Å². The Morgan fingerprint density at radius 1 is 1.30 bits per heavy atom. The third-order valence-corrected chi connectivity index (χ3v) is 7.38. The van der Waals surface area contributed by atoms with Gasteiger partial charge < -0.3 is 11.1 Å². The van der Waals surface area contributed by atoms with Crippen LogP contribution in [0.2, 0.25) is 0 Å². The molecule has 3 nitrogen and oxygen atoms in total. The van der Waals surface area contributed by atoms with Gasteiger partial charge in [-0.2, -0.15) is 0 Å². The van der Waals surface area contributed by atoms with Crippen LogP contribution in [0, 0.1) is 5.92 Å². The lowest BCUT2D eigenvalue weighted by molar-refractivity contribution is 0.0883. The molecule has 0 aliphatic carbocycles. The summed E-state index contributed by atoms with van der Waals surface area (Å²) in [5, 5.41) is 3.08. The van der Waals surface area contributed by atoms with Crippen LogP contribution in [0.3, 0.4) is 0 Å². The van der Waals surface area contributed by atoms with Gasteiger partial charge in [0, 0.05) is 12.1 Å². The van der Waals surface area contributed by atoms with E-state index in [9.17, 15) is 4.79 Å². The zero-order chi connectivity index (χ0) is 16.2. The number of hydrogen-bond acceptors (Lipinski definition) is 4. The number of nitrogens with two attached hydrogens (primary N) is 1. The fourth-order valence-electron chi connectivity index (χ4n) is 2.23. The Morgan fingerprint density at radius 3 is 2.35 bits per heavy atom. The topological polar surface area (TPSA) is 55.1 Å². The van der Waals surface area contributed by atoms with Gasteiger partial charge in [0.15, 0.2) is 0 Å². The molecule has 1 aromatic carbocycles. The van der Waals surface area contributed by atoms with Crippen LogP contribution in [0.4, 0.5) is 0 Å². The van der Waals surface area contributed by atoms with Crippen molar-refractivity contribution in [2.45, 2.75) is 37.3 Å². The van der Waals surface area contributed by atoms with Gasteiger partial charge in [-0.3, -0.25) is 4.79 Å². The highest BCUT2D eigenvalue weighted by Crippen LogP contribution is 2.43. The molecule has 1 unspecified atom stereocenters. The number of nitrogens with one attached hydrogen (secondary N) is 1. The highest BCUT2D eigenvalue weighted by atomic mass is 35.5. The normalized spacial score (nSPS) is 18.1. The van der Waals surface area contributed by atoms with Gasteiger partial charge in [0.05, 0.1) is 10.1 Å². The van der Waals surface area contributed by atoms with Crippen LogP contribution in [0.25, 0.3) is 0 Å². The second-order valence-corrected chi connectivity index (χ2v) is 9.00. The highest BCUT2D eigenvalue weighted by Gasteiger charge is 2.29. The van der Waals surface area contributed by atoms with E-state index >= 15 is 0 Å². The van der Waals surface area contributed by atoms with Crippen molar-refractivity contribution in [3.63, 3.8) is 0 Å². The highest BCUT2D eigenvalue weighted by molar-refractivity contribution is 8.16. The molecule has 1 atom stereocenters. The van der Waals surface area contributed by atoms with Gasteiger partial charge >= 0.3 is 0 Å². The van der Waals surface area contributed by atoms with Crippen LogP contribution in [0.1, 0.15) is 47.7 Å². The summed E-state index contributed by atoms with van der Waals surface area (Å²) in [5.74, 6) is 2.69. The quantitative estimate of drug-likeness (QED) is 0.815. The third kappa shape index (κ3) is 5.31. The molecular weight excluding hydrogens is 348 g/mol. The summed E-state index contributed by atoms with van der Waals surface area (Å²) in [6, 6.07) is 8.02. The maximum atomic E-state index is 12.4. The van der Waals surface area contributed by atoms with Crippen LogP contribution < -0.4 is 11.1 Å². The van der Waals surface area contributed by atoms with Crippen molar-refractivity contribution in [1.82, 2.24) is 5.32 Å². The Kier molecular flexibility index (Phi) is 8.28. The molecule has 3 N–H and O–H groups in total. The van der Waals surface area contributed by atoms with E-state index < -0.39 is 0 Å². The van der Waals surface area contributed by atoms with Gasteiger partial charge in [-0.15, -0.1) is 35.9 Å². The van der Waals surface area contributed by atoms with Crippen LogP contribution in [0.5, 0.6) is 0 Å². The molecule has 6 heteroatoms. The first kappa shape index (κ1) is 20.7. The SMILES string of the molecule is CC(C)C(C)(CN)NC(=O)c1ccc(C2SCCCS2)cc1.Cl. The summed E-state index contributed by atoms with van der Waals surface area (Å²) in [6.45, 7) is 6.59. The Labute approximate surface area is 154 Å². The zero-order valence-electron chi connectivity index (χ0n) is 14.0. The Morgan fingerprint density at radius 2 is 1.87 bits per heavy atom. The predicted molar refractivity (Wildman–Crippen MR) is 106 cm³/mol. The molecule has 1 aromatic rings. The third-order valence-electron chi connectivity index (χ3n) is 4.37. The Balaban J connectivity index is 0.00000264. The molecule has 0 saturated carbocycles. The van der Waals surface area contributed by atoms with Gasteiger partial charge in [0.2, 0.25) is 0 Å². The molecule has 1 saturated heterocycles. The molecule has 2 rings (SSSR count). The fraction of sp³-hybridized carbons (Fsp3) is 0.588. The molecule has 1 amide bonds.